The average molecular weight is 377 g/mol. The van der Waals surface area contributed by atoms with Gasteiger partial charge in [0.05, 0.1) is 5.56 Å². The summed E-state index contributed by atoms with van der Waals surface area (Å²) in [6.45, 7) is 0.261. The zero-order chi connectivity index (χ0) is 19.8. The molecule has 3 aromatic rings. The predicted molar refractivity (Wildman–Crippen MR) is 105 cm³/mol. The Morgan fingerprint density at radius 1 is 0.929 bits per heavy atom. The number of carbonyl (C=O) groups excluding carboxylic acids is 2. The van der Waals surface area contributed by atoms with Crippen molar-refractivity contribution >= 4 is 17.5 Å². The lowest BCUT2D eigenvalue weighted by Gasteiger charge is -2.12. The smallest absolute Gasteiger partial charge is 0.253 e. The van der Waals surface area contributed by atoms with E-state index in [-0.39, 0.29) is 30.6 Å². The summed E-state index contributed by atoms with van der Waals surface area (Å²) >= 11 is 0. The number of nitrogens with one attached hydrogen (secondary N) is 2. The molecule has 0 saturated heterocycles. The monoisotopic (exact) mass is 377 g/mol. The molecule has 1 aromatic heterocycles. The predicted octanol–water partition coefficient (Wildman–Crippen LogP) is 3.72. The fraction of sp³-hybridized carbons (Fsp3) is 0.136. The van der Waals surface area contributed by atoms with Crippen LogP contribution in [0.5, 0.6) is 0 Å². The van der Waals surface area contributed by atoms with Crippen LogP contribution in [0.1, 0.15) is 27.9 Å². The second-order valence-corrected chi connectivity index (χ2v) is 6.22. The molecule has 0 atom stereocenters. The van der Waals surface area contributed by atoms with Crippen LogP contribution in [0.15, 0.2) is 73.1 Å². The van der Waals surface area contributed by atoms with Gasteiger partial charge < -0.3 is 10.6 Å². The number of rotatable bonds is 7. The summed E-state index contributed by atoms with van der Waals surface area (Å²) in [7, 11) is 0. The third kappa shape index (κ3) is 5.23. The molecular weight excluding hydrogens is 357 g/mol. The molecule has 0 aliphatic rings. The second kappa shape index (κ2) is 9.41. The molecule has 0 aliphatic heterocycles. The van der Waals surface area contributed by atoms with Crippen LogP contribution in [-0.4, -0.2) is 16.8 Å². The standard InChI is InChI=1S/C22H20FN3O2/c23-19-9-3-1-6-16(19)11-12-21(27)26-20-10-4-2-7-17(20)15-25-22(28)18-8-5-13-24-14-18/h1-10,13-14H,11-12,15H2,(H,25,28)(H,26,27). The molecule has 0 unspecified atom stereocenters. The molecule has 2 amide bonds. The minimum absolute atomic E-state index is 0.164. The minimum Gasteiger partial charge on any atom is -0.348 e. The van der Waals surface area contributed by atoms with Crippen LogP contribution in [0.25, 0.3) is 0 Å². The van der Waals surface area contributed by atoms with Gasteiger partial charge in [0.15, 0.2) is 0 Å². The number of hydrogen-bond acceptors (Lipinski definition) is 3. The Morgan fingerprint density at radius 3 is 2.43 bits per heavy atom. The van der Waals surface area contributed by atoms with E-state index in [0.717, 1.165) is 5.56 Å². The van der Waals surface area contributed by atoms with Gasteiger partial charge in [-0.2, -0.15) is 0 Å². The van der Waals surface area contributed by atoms with E-state index < -0.39 is 0 Å². The molecule has 142 valence electrons. The lowest BCUT2D eigenvalue weighted by atomic mass is 10.1. The van der Waals surface area contributed by atoms with Gasteiger partial charge in [-0.05, 0) is 41.8 Å². The van der Waals surface area contributed by atoms with Gasteiger partial charge in [0.2, 0.25) is 5.91 Å². The number of benzene rings is 2. The number of aryl methyl sites for hydroxylation is 1. The van der Waals surface area contributed by atoms with Crippen molar-refractivity contribution in [2.75, 3.05) is 5.32 Å². The highest BCUT2D eigenvalue weighted by Gasteiger charge is 2.10. The van der Waals surface area contributed by atoms with Crippen LogP contribution in [0.4, 0.5) is 10.1 Å². The SMILES string of the molecule is O=C(CCc1ccccc1F)Nc1ccccc1CNC(=O)c1cccnc1. The third-order valence-corrected chi connectivity index (χ3v) is 4.23. The maximum absolute atomic E-state index is 13.7. The van der Waals surface area contributed by atoms with E-state index in [2.05, 4.69) is 15.6 Å². The number of amides is 2. The highest BCUT2D eigenvalue weighted by atomic mass is 19.1. The Kier molecular flexibility index (Phi) is 6.46. The van der Waals surface area contributed by atoms with Crippen molar-refractivity contribution in [1.29, 1.82) is 0 Å². The van der Waals surface area contributed by atoms with Crippen LogP contribution in [-0.2, 0) is 17.8 Å². The fourth-order valence-corrected chi connectivity index (χ4v) is 2.73. The normalized spacial score (nSPS) is 10.3. The first kappa shape index (κ1) is 19.2. The first-order valence-corrected chi connectivity index (χ1v) is 8.93. The summed E-state index contributed by atoms with van der Waals surface area (Å²) in [4.78, 5) is 28.4. The van der Waals surface area contributed by atoms with Gasteiger partial charge in [-0.25, -0.2) is 4.39 Å². The second-order valence-electron chi connectivity index (χ2n) is 6.22. The Balaban J connectivity index is 1.58. The first-order chi connectivity index (χ1) is 13.6. The molecule has 2 N–H and O–H groups in total. The van der Waals surface area contributed by atoms with E-state index in [4.69, 9.17) is 0 Å². The van der Waals surface area contributed by atoms with Crippen molar-refractivity contribution in [3.8, 4) is 0 Å². The summed E-state index contributed by atoms with van der Waals surface area (Å²) in [5.41, 5.74) is 2.37. The van der Waals surface area contributed by atoms with E-state index >= 15 is 0 Å². The molecule has 5 nitrogen and oxygen atoms in total. The molecule has 2 aromatic carbocycles. The van der Waals surface area contributed by atoms with Crippen molar-refractivity contribution in [3.63, 3.8) is 0 Å². The number of para-hydroxylation sites is 1. The molecule has 0 spiro atoms. The molecule has 3 rings (SSSR count). The van der Waals surface area contributed by atoms with Crippen molar-refractivity contribution in [2.45, 2.75) is 19.4 Å². The highest BCUT2D eigenvalue weighted by molar-refractivity contribution is 5.94. The third-order valence-electron chi connectivity index (χ3n) is 4.23. The van der Waals surface area contributed by atoms with Crippen LogP contribution in [0.2, 0.25) is 0 Å². The number of carbonyl (C=O) groups is 2. The van der Waals surface area contributed by atoms with Crippen LogP contribution in [0, 0.1) is 5.82 Å². The van der Waals surface area contributed by atoms with Crippen molar-refractivity contribution in [1.82, 2.24) is 10.3 Å². The molecule has 0 saturated carbocycles. The zero-order valence-corrected chi connectivity index (χ0v) is 15.2. The summed E-state index contributed by atoms with van der Waals surface area (Å²) in [5, 5.41) is 5.65. The molecule has 1 heterocycles. The molecule has 0 aliphatic carbocycles. The number of aromatic nitrogens is 1. The van der Waals surface area contributed by atoms with E-state index in [1.165, 1.54) is 12.3 Å². The fourth-order valence-electron chi connectivity index (χ4n) is 2.73. The van der Waals surface area contributed by atoms with Gasteiger partial charge in [-0.1, -0.05) is 36.4 Å². The van der Waals surface area contributed by atoms with Crippen LogP contribution in [0.3, 0.4) is 0 Å². The van der Waals surface area contributed by atoms with Gasteiger partial charge in [0.1, 0.15) is 5.82 Å². The molecule has 28 heavy (non-hydrogen) atoms. The summed E-state index contributed by atoms with van der Waals surface area (Å²) in [5.74, 6) is -0.767. The van der Waals surface area contributed by atoms with Crippen LogP contribution < -0.4 is 10.6 Å². The molecule has 6 heteroatoms. The number of anilines is 1. The maximum Gasteiger partial charge on any atom is 0.253 e. The first-order valence-electron chi connectivity index (χ1n) is 8.93. The lowest BCUT2D eigenvalue weighted by Crippen LogP contribution is -2.24. The van der Waals surface area contributed by atoms with E-state index in [0.29, 0.717) is 23.2 Å². The molecular formula is C22H20FN3O2. The molecule has 0 fully saturated rings. The maximum atomic E-state index is 13.7. The van der Waals surface area contributed by atoms with E-state index in [1.54, 1.807) is 48.7 Å². The minimum atomic E-state index is -0.311. The summed E-state index contributed by atoms with van der Waals surface area (Å²) < 4.78 is 13.7. The number of pyridine rings is 1. The van der Waals surface area contributed by atoms with Crippen molar-refractivity contribution in [2.24, 2.45) is 0 Å². The molecule has 0 radical (unpaired) electrons. The Hall–Kier alpha value is -3.54. The summed E-state index contributed by atoms with van der Waals surface area (Å²) in [6, 6.07) is 17.0. The number of nitrogens with zero attached hydrogens (tertiary/aromatic N) is 1. The quantitative estimate of drug-likeness (QED) is 0.659. The van der Waals surface area contributed by atoms with Gasteiger partial charge in [-0.15, -0.1) is 0 Å². The van der Waals surface area contributed by atoms with Crippen LogP contribution >= 0.6 is 0 Å². The number of hydrogen-bond donors (Lipinski definition) is 2. The topological polar surface area (TPSA) is 71.1 Å². The Morgan fingerprint density at radius 2 is 1.68 bits per heavy atom. The van der Waals surface area contributed by atoms with Gasteiger partial charge in [0, 0.05) is 31.0 Å². The average Bonchev–Trinajstić information content (AvgIpc) is 2.73. The highest BCUT2D eigenvalue weighted by Crippen LogP contribution is 2.16. The van der Waals surface area contributed by atoms with E-state index in [9.17, 15) is 14.0 Å². The van der Waals surface area contributed by atoms with Gasteiger partial charge >= 0.3 is 0 Å². The number of halogens is 1. The van der Waals surface area contributed by atoms with Crippen molar-refractivity contribution < 1.29 is 14.0 Å². The Labute approximate surface area is 162 Å². The van der Waals surface area contributed by atoms with E-state index in [1.807, 2.05) is 12.1 Å². The lowest BCUT2D eigenvalue weighted by molar-refractivity contribution is -0.116. The summed E-state index contributed by atoms with van der Waals surface area (Å²) in [6.07, 6.45) is 3.57. The largest absolute Gasteiger partial charge is 0.348 e. The van der Waals surface area contributed by atoms with Gasteiger partial charge in [-0.3, -0.25) is 14.6 Å². The zero-order valence-electron chi connectivity index (χ0n) is 15.2. The van der Waals surface area contributed by atoms with Gasteiger partial charge in [0.25, 0.3) is 5.91 Å². The Bertz CT molecular complexity index is 961. The van der Waals surface area contributed by atoms with Crippen molar-refractivity contribution in [3.05, 3.63) is 95.6 Å². The molecule has 0 bridgehead atoms.